The summed E-state index contributed by atoms with van der Waals surface area (Å²) in [4.78, 5) is 23.7. The van der Waals surface area contributed by atoms with E-state index in [0.29, 0.717) is 12.5 Å². The van der Waals surface area contributed by atoms with Crippen molar-refractivity contribution < 1.29 is 19.4 Å². The molecule has 0 fully saturated rings. The number of rotatable bonds is 9. The van der Waals surface area contributed by atoms with Crippen LogP contribution in [0.15, 0.2) is 0 Å². The van der Waals surface area contributed by atoms with Crippen LogP contribution in [-0.4, -0.2) is 61.8 Å². The van der Waals surface area contributed by atoms with Crippen molar-refractivity contribution in [1.82, 2.24) is 10.2 Å². The quantitative estimate of drug-likeness (QED) is 0.618. The molecule has 0 saturated carbocycles. The number of hydrogen-bond acceptors (Lipinski definition) is 4. The minimum absolute atomic E-state index is 0.214. The number of carboxylic acids is 1. The van der Waals surface area contributed by atoms with Crippen LogP contribution in [0.25, 0.3) is 0 Å². The molecule has 0 aromatic heterocycles. The molecule has 1 atom stereocenters. The zero-order valence-corrected chi connectivity index (χ0v) is 11.6. The number of carboxylic acid groups (broad SMARTS) is 1. The predicted molar refractivity (Wildman–Crippen MR) is 68.4 cm³/mol. The van der Waals surface area contributed by atoms with E-state index in [2.05, 4.69) is 24.1 Å². The number of nitrogens with zero attached hydrogens (tertiary/aromatic N) is 1. The molecular weight excluding hydrogens is 236 g/mol. The van der Waals surface area contributed by atoms with E-state index < -0.39 is 12.6 Å². The second kappa shape index (κ2) is 8.88. The van der Waals surface area contributed by atoms with Gasteiger partial charge in [-0.05, 0) is 26.4 Å². The molecule has 0 spiro atoms. The minimum Gasteiger partial charge on any atom is -0.480 e. The fourth-order valence-electron chi connectivity index (χ4n) is 1.53. The molecule has 0 saturated heterocycles. The zero-order chi connectivity index (χ0) is 14.1. The highest BCUT2D eigenvalue weighted by Gasteiger charge is 2.14. The molecule has 0 aliphatic heterocycles. The van der Waals surface area contributed by atoms with Crippen LogP contribution in [-0.2, 0) is 14.3 Å². The minimum atomic E-state index is -1.08. The first-order valence-electron chi connectivity index (χ1n) is 6.05. The molecule has 6 nitrogen and oxygen atoms in total. The number of ether oxygens (including phenoxy) is 1. The Kier molecular flexibility index (Phi) is 8.32. The highest BCUT2D eigenvalue weighted by molar-refractivity contribution is 5.77. The van der Waals surface area contributed by atoms with Crippen molar-refractivity contribution in [2.24, 2.45) is 5.92 Å². The van der Waals surface area contributed by atoms with Gasteiger partial charge in [-0.3, -0.25) is 4.79 Å². The standard InChI is InChI=1S/C12H24N2O4/c1-9(2)5-10(14(3)4)6-13-11(15)7-18-8-12(16)17/h9-10H,5-8H2,1-4H3,(H,13,15)(H,16,17). The Hall–Kier alpha value is -1.14. The van der Waals surface area contributed by atoms with Gasteiger partial charge in [-0.25, -0.2) is 4.79 Å². The van der Waals surface area contributed by atoms with Gasteiger partial charge in [0.1, 0.15) is 13.2 Å². The molecule has 18 heavy (non-hydrogen) atoms. The summed E-state index contributed by atoms with van der Waals surface area (Å²) in [6.07, 6.45) is 0.989. The number of carbonyl (C=O) groups excluding carboxylic acids is 1. The Bertz CT molecular complexity index is 267. The average molecular weight is 260 g/mol. The molecule has 0 aromatic rings. The topological polar surface area (TPSA) is 78.9 Å². The summed E-state index contributed by atoms with van der Waals surface area (Å²) >= 11 is 0. The molecule has 1 unspecified atom stereocenters. The van der Waals surface area contributed by atoms with Crippen LogP contribution in [0.1, 0.15) is 20.3 Å². The largest absolute Gasteiger partial charge is 0.480 e. The molecule has 1 amide bonds. The summed E-state index contributed by atoms with van der Waals surface area (Å²) < 4.78 is 4.71. The summed E-state index contributed by atoms with van der Waals surface area (Å²) in [5.41, 5.74) is 0. The van der Waals surface area contributed by atoms with Crippen molar-refractivity contribution in [3.63, 3.8) is 0 Å². The monoisotopic (exact) mass is 260 g/mol. The molecule has 106 valence electrons. The fraction of sp³-hybridized carbons (Fsp3) is 0.833. The maximum atomic E-state index is 11.4. The van der Waals surface area contributed by atoms with Crippen LogP contribution in [0, 0.1) is 5.92 Å². The number of hydrogen-bond donors (Lipinski definition) is 2. The summed E-state index contributed by atoms with van der Waals surface area (Å²) in [5, 5.41) is 11.1. The van der Waals surface area contributed by atoms with E-state index >= 15 is 0 Å². The first kappa shape index (κ1) is 16.9. The first-order valence-corrected chi connectivity index (χ1v) is 6.05. The lowest BCUT2D eigenvalue weighted by atomic mass is 10.0. The SMILES string of the molecule is CC(C)CC(CNC(=O)COCC(=O)O)N(C)C. The molecule has 0 rings (SSSR count). The smallest absolute Gasteiger partial charge is 0.329 e. The molecule has 0 aromatic carbocycles. The molecule has 0 aliphatic carbocycles. The van der Waals surface area contributed by atoms with Gasteiger partial charge in [0.05, 0.1) is 0 Å². The molecule has 6 heteroatoms. The number of aliphatic carboxylic acids is 1. The van der Waals surface area contributed by atoms with E-state index in [4.69, 9.17) is 9.84 Å². The van der Waals surface area contributed by atoms with Gasteiger partial charge in [0.2, 0.25) is 5.91 Å². The molecular formula is C12H24N2O4. The lowest BCUT2D eigenvalue weighted by molar-refractivity contribution is -0.143. The highest BCUT2D eigenvalue weighted by Crippen LogP contribution is 2.07. The van der Waals surface area contributed by atoms with Crippen LogP contribution in [0.3, 0.4) is 0 Å². The number of carbonyl (C=O) groups is 2. The maximum absolute atomic E-state index is 11.4. The molecule has 2 N–H and O–H groups in total. The summed E-state index contributed by atoms with van der Waals surface area (Å²) in [5.74, 6) is -0.807. The van der Waals surface area contributed by atoms with Gasteiger partial charge < -0.3 is 20.1 Å². The van der Waals surface area contributed by atoms with Crippen LogP contribution in [0.2, 0.25) is 0 Å². The van der Waals surface area contributed by atoms with Crippen molar-refractivity contribution in [2.75, 3.05) is 33.9 Å². The Morgan fingerprint density at radius 3 is 2.33 bits per heavy atom. The maximum Gasteiger partial charge on any atom is 0.329 e. The van der Waals surface area contributed by atoms with Crippen molar-refractivity contribution in [3.8, 4) is 0 Å². The molecule has 0 radical (unpaired) electrons. The summed E-state index contributed by atoms with van der Waals surface area (Å²) in [6, 6.07) is 0.272. The van der Waals surface area contributed by atoms with Gasteiger partial charge in [-0.2, -0.15) is 0 Å². The number of amides is 1. The highest BCUT2D eigenvalue weighted by atomic mass is 16.5. The third-order valence-corrected chi connectivity index (χ3v) is 2.47. The van der Waals surface area contributed by atoms with Crippen molar-refractivity contribution in [3.05, 3.63) is 0 Å². The van der Waals surface area contributed by atoms with Gasteiger partial charge in [-0.15, -0.1) is 0 Å². The fourth-order valence-corrected chi connectivity index (χ4v) is 1.53. The lowest BCUT2D eigenvalue weighted by Crippen LogP contribution is -2.42. The summed E-state index contributed by atoms with van der Waals surface area (Å²) in [7, 11) is 3.94. The van der Waals surface area contributed by atoms with E-state index in [9.17, 15) is 9.59 Å². The third kappa shape index (κ3) is 8.95. The van der Waals surface area contributed by atoms with Crippen molar-refractivity contribution in [2.45, 2.75) is 26.3 Å². The van der Waals surface area contributed by atoms with Gasteiger partial charge in [0, 0.05) is 12.6 Å². The Morgan fingerprint density at radius 1 is 1.28 bits per heavy atom. The van der Waals surface area contributed by atoms with Crippen LogP contribution >= 0.6 is 0 Å². The van der Waals surface area contributed by atoms with Crippen LogP contribution in [0.4, 0.5) is 0 Å². The van der Waals surface area contributed by atoms with Crippen LogP contribution < -0.4 is 5.32 Å². The van der Waals surface area contributed by atoms with E-state index in [-0.39, 0.29) is 18.6 Å². The molecule has 0 heterocycles. The summed E-state index contributed by atoms with van der Waals surface area (Å²) in [6.45, 7) is 4.15. The third-order valence-electron chi connectivity index (χ3n) is 2.47. The second-order valence-corrected chi connectivity index (χ2v) is 4.94. The van der Waals surface area contributed by atoms with Gasteiger partial charge >= 0.3 is 5.97 Å². The Labute approximate surface area is 108 Å². The average Bonchev–Trinajstić information content (AvgIpc) is 2.22. The number of nitrogens with one attached hydrogen (secondary N) is 1. The van der Waals surface area contributed by atoms with E-state index in [1.807, 2.05) is 14.1 Å². The van der Waals surface area contributed by atoms with E-state index in [1.165, 1.54) is 0 Å². The second-order valence-electron chi connectivity index (χ2n) is 4.94. The number of likely N-dealkylation sites (N-methyl/N-ethyl adjacent to an activating group) is 1. The Balaban J connectivity index is 3.89. The lowest BCUT2D eigenvalue weighted by Gasteiger charge is -2.26. The molecule has 0 bridgehead atoms. The van der Waals surface area contributed by atoms with Crippen molar-refractivity contribution >= 4 is 11.9 Å². The van der Waals surface area contributed by atoms with Crippen molar-refractivity contribution in [1.29, 1.82) is 0 Å². The van der Waals surface area contributed by atoms with Crippen LogP contribution in [0.5, 0.6) is 0 Å². The van der Waals surface area contributed by atoms with Gasteiger partial charge in [0.25, 0.3) is 0 Å². The molecule has 0 aliphatic rings. The van der Waals surface area contributed by atoms with Gasteiger partial charge in [-0.1, -0.05) is 13.8 Å². The normalized spacial score (nSPS) is 12.8. The zero-order valence-electron chi connectivity index (χ0n) is 11.6. The first-order chi connectivity index (χ1) is 8.32. The van der Waals surface area contributed by atoms with E-state index in [0.717, 1.165) is 6.42 Å². The predicted octanol–water partition coefficient (Wildman–Crippen LogP) is 0.180. The Morgan fingerprint density at radius 2 is 1.89 bits per heavy atom. The van der Waals surface area contributed by atoms with Gasteiger partial charge in [0.15, 0.2) is 0 Å². The van der Waals surface area contributed by atoms with E-state index in [1.54, 1.807) is 0 Å².